The van der Waals surface area contributed by atoms with Gasteiger partial charge in [-0.3, -0.25) is 4.79 Å². The summed E-state index contributed by atoms with van der Waals surface area (Å²) in [5, 5.41) is 12.7. The molecule has 0 fully saturated rings. The maximum absolute atomic E-state index is 12.0. The quantitative estimate of drug-likeness (QED) is 0.830. The molecule has 2 aromatic rings. The third kappa shape index (κ3) is 2.60. The maximum Gasteiger partial charge on any atom is 0.269 e. The third-order valence-electron chi connectivity index (χ3n) is 2.99. The van der Waals surface area contributed by atoms with Crippen LogP contribution in [-0.4, -0.2) is 21.8 Å². The molecule has 2 rings (SSSR count). The van der Waals surface area contributed by atoms with Gasteiger partial charge >= 0.3 is 0 Å². The van der Waals surface area contributed by atoms with Gasteiger partial charge in [0.1, 0.15) is 24.3 Å². The van der Waals surface area contributed by atoms with Crippen LogP contribution in [0.3, 0.4) is 0 Å². The van der Waals surface area contributed by atoms with Crippen molar-refractivity contribution in [1.82, 2.24) is 14.7 Å². The minimum Gasteiger partial charge on any atom is -0.374 e. The average Bonchev–Trinajstić information content (AvgIpc) is 2.90. The van der Waals surface area contributed by atoms with E-state index in [1.807, 2.05) is 6.07 Å². The lowest BCUT2D eigenvalue weighted by Gasteiger charge is -2.04. The molecule has 0 N–H and O–H groups in total. The SMILES string of the molecule is CO[C@@H](C)c1noc(Cn2ccc(C)c(C#N)c2=O)n1. The average molecular weight is 274 g/mol. The topological polar surface area (TPSA) is 93.9 Å². The summed E-state index contributed by atoms with van der Waals surface area (Å²) >= 11 is 0. The van der Waals surface area contributed by atoms with Gasteiger partial charge in [-0.05, 0) is 25.5 Å². The van der Waals surface area contributed by atoms with Gasteiger partial charge in [-0.15, -0.1) is 0 Å². The van der Waals surface area contributed by atoms with Crippen LogP contribution in [0.2, 0.25) is 0 Å². The highest BCUT2D eigenvalue weighted by Gasteiger charge is 2.14. The fourth-order valence-corrected chi connectivity index (χ4v) is 1.67. The summed E-state index contributed by atoms with van der Waals surface area (Å²) in [5.74, 6) is 0.710. The lowest BCUT2D eigenvalue weighted by atomic mass is 10.2. The normalized spacial score (nSPS) is 12.1. The predicted octanol–water partition coefficient (Wildman–Crippen LogP) is 1.17. The number of pyridine rings is 1. The van der Waals surface area contributed by atoms with Crippen molar-refractivity contribution in [2.24, 2.45) is 0 Å². The largest absolute Gasteiger partial charge is 0.374 e. The number of rotatable bonds is 4. The Morgan fingerprint density at radius 3 is 3.00 bits per heavy atom. The Kier molecular flexibility index (Phi) is 3.96. The molecule has 0 aromatic carbocycles. The molecule has 0 aliphatic carbocycles. The Hall–Kier alpha value is -2.46. The predicted molar refractivity (Wildman–Crippen MR) is 69.0 cm³/mol. The Morgan fingerprint density at radius 1 is 1.60 bits per heavy atom. The van der Waals surface area contributed by atoms with Crippen LogP contribution in [0.5, 0.6) is 0 Å². The molecule has 0 unspecified atom stereocenters. The van der Waals surface area contributed by atoms with Gasteiger partial charge in [-0.25, -0.2) is 0 Å². The molecular weight excluding hydrogens is 260 g/mol. The van der Waals surface area contributed by atoms with E-state index in [2.05, 4.69) is 10.1 Å². The van der Waals surface area contributed by atoms with Gasteiger partial charge in [0, 0.05) is 13.3 Å². The van der Waals surface area contributed by atoms with Crippen molar-refractivity contribution in [1.29, 1.82) is 5.26 Å². The first-order valence-electron chi connectivity index (χ1n) is 6.02. The van der Waals surface area contributed by atoms with Crippen LogP contribution in [-0.2, 0) is 11.3 Å². The highest BCUT2D eigenvalue weighted by atomic mass is 16.5. The molecule has 104 valence electrons. The minimum absolute atomic E-state index is 0.122. The summed E-state index contributed by atoms with van der Waals surface area (Å²) in [6, 6.07) is 3.61. The molecule has 2 aromatic heterocycles. The van der Waals surface area contributed by atoms with E-state index in [1.165, 1.54) is 4.57 Å². The van der Waals surface area contributed by atoms with Gasteiger partial charge in [0.25, 0.3) is 5.56 Å². The molecule has 0 saturated heterocycles. The Bertz CT molecular complexity index is 711. The molecule has 1 atom stereocenters. The first kappa shape index (κ1) is 14.0. The zero-order chi connectivity index (χ0) is 14.7. The maximum atomic E-state index is 12.0. The van der Waals surface area contributed by atoms with Gasteiger partial charge in [-0.1, -0.05) is 5.16 Å². The van der Waals surface area contributed by atoms with Gasteiger partial charge in [0.05, 0.1) is 0 Å². The monoisotopic (exact) mass is 274 g/mol. The van der Waals surface area contributed by atoms with Crippen molar-refractivity contribution in [2.45, 2.75) is 26.5 Å². The summed E-state index contributed by atoms with van der Waals surface area (Å²) < 4.78 is 11.5. The van der Waals surface area contributed by atoms with Crippen LogP contribution in [0.1, 0.15) is 35.9 Å². The summed E-state index contributed by atoms with van der Waals surface area (Å²) in [5.41, 5.74) is 0.400. The second-order valence-electron chi connectivity index (χ2n) is 4.34. The van der Waals surface area contributed by atoms with Crippen molar-refractivity contribution in [3.63, 3.8) is 0 Å². The highest BCUT2D eigenvalue weighted by Crippen LogP contribution is 2.12. The van der Waals surface area contributed by atoms with Crippen LogP contribution in [0.15, 0.2) is 21.6 Å². The van der Waals surface area contributed by atoms with Crippen LogP contribution < -0.4 is 5.56 Å². The van der Waals surface area contributed by atoms with E-state index in [0.717, 1.165) is 0 Å². The standard InChI is InChI=1S/C13H14N4O3/c1-8-4-5-17(13(18)10(8)6-14)7-11-15-12(16-20-11)9(2)19-3/h4-5,9H,7H2,1-3H3/t9-/m0/s1. The van der Waals surface area contributed by atoms with E-state index in [9.17, 15) is 4.79 Å². The minimum atomic E-state index is -0.368. The van der Waals surface area contributed by atoms with Crippen LogP contribution in [0, 0.1) is 18.3 Å². The van der Waals surface area contributed by atoms with E-state index in [4.69, 9.17) is 14.5 Å². The van der Waals surface area contributed by atoms with E-state index in [-0.39, 0.29) is 23.8 Å². The van der Waals surface area contributed by atoms with E-state index >= 15 is 0 Å². The number of hydrogen-bond acceptors (Lipinski definition) is 6. The van der Waals surface area contributed by atoms with Gasteiger partial charge in [0.15, 0.2) is 5.82 Å². The summed E-state index contributed by atoms with van der Waals surface area (Å²) in [4.78, 5) is 16.2. The first-order valence-corrected chi connectivity index (χ1v) is 6.02. The molecule has 20 heavy (non-hydrogen) atoms. The molecule has 2 heterocycles. The lowest BCUT2D eigenvalue weighted by molar-refractivity contribution is 0.109. The number of nitriles is 1. The van der Waals surface area contributed by atoms with E-state index < -0.39 is 0 Å². The molecular formula is C13H14N4O3. The zero-order valence-electron chi connectivity index (χ0n) is 11.5. The van der Waals surface area contributed by atoms with E-state index in [1.54, 1.807) is 33.2 Å². The Balaban J connectivity index is 2.30. The molecule has 0 bridgehead atoms. The third-order valence-corrected chi connectivity index (χ3v) is 2.99. The van der Waals surface area contributed by atoms with Gasteiger partial charge in [-0.2, -0.15) is 10.2 Å². The Labute approximate surface area is 115 Å². The number of methoxy groups -OCH3 is 1. The van der Waals surface area contributed by atoms with Gasteiger partial charge < -0.3 is 13.8 Å². The highest BCUT2D eigenvalue weighted by molar-refractivity contribution is 5.34. The van der Waals surface area contributed by atoms with Crippen molar-refractivity contribution in [3.8, 4) is 6.07 Å². The molecule has 7 heteroatoms. The second kappa shape index (κ2) is 5.67. The summed E-state index contributed by atoms with van der Waals surface area (Å²) in [6.07, 6.45) is 1.32. The number of aromatic nitrogens is 3. The molecule has 0 spiro atoms. The number of ether oxygens (including phenoxy) is 1. The molecule has 0 amide bonds. The fourth-order valence-electron chi connectivity index (χ4n) is 1.67. The molecule has 0 radical (unpaired) electrons. The summed E-state index contributed by atoms with van der Waals surface area (Å²) in [7, 11) is 1.55. The first-order chi connectivity index (χ1) is 9.56. The van der Waals surface area contributed by atoms with Crippen molar-refractivity contribution < 1.29 is 9.26 Å². The zero-order valence-corrected chi connectivity index (χ0v) is 11.5. The van der Waals surface area contributed by atoms with Gasteiger partial charge in [0.2, 0.25) is 5.89 Å². The molecule has 0 saturated carbocycles. The fraction of sp³-hybridized carbons (Fsp3) is 0.385. The lowest BCUT2D eigenvalue weighted by Crippen LogP contribution is -2.23. The number of aryl methyl sites for hydroxylation is 1. The summed E-state index contributed by atoms with van der Waals surface area (Å²) in [6.45, 7) is 3.63. The van der Waals surface area contributed by atoms with Crippen molar-refractivity contribution in [2.75, 3.05) is 7.11 Å². The number of hydrogen-bond donors (Lipinski definition) is 0. The molecule has 0 aliphatic rings. The number of nitrogens with zero attached hydrogens (tertiary/aromatic N) is 4. The van der Waals surface area contributed by atoms with Crippen molar-refractivity contribution in [3.05, 3.63) is 45.5 Å². The smallest absolute Gasteiger partial charge is 0.269 e. The molecule has 7 nitrogen and oxygen atoms in total. The molecule has 0 aliphatic heterocycles. The second-order valence-corrected chi connectivity index (χ2v) is 4.34. The van der Waals surface area contributed by atoms with Crippen molar-refractivity contribution >= 4 is 0 Å². The van der Waals surface area contributed by atoms with Crippen LogP contribution in [0.25, 0.3) is 0 Å². The van der Waals surface area contributed by atoms with Crippen LogP contribution >= 0.6 is 0 Å². The van der Waals surface area contributed by atoms with E-state index in [0.29, 0.717) is 17.3 Å². The van der Waals surface area contributed by atoms with Crippen LogP contribution in [0.4, 0.5) is 0 Å². The Morgan fingerprint density at radius 2 is 2.35 bits per heavy atom.